The molecule has 0 aliphatic rings. The van der Waals surface area contributed by atoms with Gasteiger partial charge in [-0.1, -0.05) is 0 Å². The Morgan fingerprint density at radius 3 is 2.00 bits per heavy atom. The monoisotopic (exact) mass is 265 g/mol. The van der Waals surface area contributed by atoms with Crippen LogP contribution in [-0.2, 0) is 28.8 Å². The van der Waals surface area contributed by atoms with Gasteiger partial charge in [0.2, 0.25) is 0 Å². The van der Waals surface area contributed by atoms with Crippen molar-refractivity contribution in [3.8, 4) is 0 Å². The van der Waals surface area contributed by atoms with Gasteiger partial charge in [-0.25, -0.2) is 9.59 Å². The van der Waals surface area contributed by atoms with Crippen LogP contribution in [0, 0.1) is 0 Å². The van der Waals surface area contributed by atoms with Crippen molar-refractivity contribution in [2.75, 3.05) is 6.61 Å². The van der Waals surface area contributed by atoms with Crippen molar-refractivity contribution in [3.63, 3.8) is 0 Å². The lowest BCUT2D eigenvalue weighted by Gasteiger charge is -2.19. The molecule has 0 amide bonds. The SMILES string of the molecule is NOC(=O)COC(=O)CC(O)(CC(=O)O)C(=O)O. The van der Waals surface area contributed by atoms with E-state index in [4.69, 9.17) is 10.2 Å². The van der Waals surface area contributed by atoms with E-state index in [9.17, 15) is 24.3 Å². The van der Waals surface area contributed by atoms with Crippen molar-refractivity contribution in [1.29, 1.82) is 0 Å². The largest absolute Gasteiger partial charge is 0.481 e. The zero-order valence-electron chi connectivity index (χ0n) is 8.99. The van der Waals surface area contributed by atoms with Crippen LogP contribution in [0.15, 0.2) is 0 Å². The number of carboxylic acid groups (broad SMARTS) is 2. The van der Waals surface area contributed by atoms with Gasteiger partial charge in [0, 0.05) is 0 Å². The Morgan fingerprint density at radius 1 is 1.06 bits per heavy atom. The lowest BCUT2D eigenvalue weighted by molar-refractivity contribution is -0.173. The Labute approximate surface area is 99.8 Å². The average Bonchev–Trinajstić information content (AvgIpc) is 2.24. The molecule has 18 heavy (non-hydrogen) atoms. The molecule has 0 saturated carbocycles. The van der Waals surface area contributed by atoms with Crippen molar-refractivity contribution < 1.29 is 44.1 Å². The summed E-state index contributed by atoms with van der Waals surface area (Å²) in [6, 6.07) is 0. The first-order chi connectivity index (χ1) is 8.21. The second kappa shape index (κ2) is 6.51. The van der Waals surface area contributed by atoms with Gasteiger partial charge in [-0.05, 0) is 0 Å². The van der Waals surface area contributed by atoms with Crippen molar-refractivity contribution >= 4 is 23.9 Å². The van der Waals surface area contributed by atoms with Gasteiger partial charge in [0.1, 0.15) is 0 Å². The van der Waals surface area contributed by atoms with Gasteiger partial charge in [-0.15, -0.1) is 0 Å². The van der Waals surface area contributed by atoms with Gasteiger partial charge < -0.3 is 24.9 Å². The molecule has 10 heteroatoms. The molecule has 0 rings (SSSR count). The van der Waals surface area contributed by atoms with E-state index in [1.54, 1.807) is 0 Å². The van der Waals surface area contributed by atoms with Crippen LogP contribution >= 0.6 is 0 Å². The summed E-state index contributed by atoms with van der Waals surface area (Å²) in [6.07, 6.45) is -2.33. The predicted molar refractivity (Wildman–Crippen MR) is 50.7 cm³/mol. The maximum absolute atomic E-state index is 11.1. The molecule has 1 unspecified atom stereocenters. The fourth-order valence-electron chi connectivity index (χ4n) is 0.927. The van der Waals surface area contributed by atoms with Crippen LogP contribution in [0.2, 0.25) is 0 Å². The number of aliphatic hydroxyl groups is 1. The molecule has 0 aromatic carbocycles. The highest BCUT2D eigenvalue weighted by Crippen LogP contribution is 2.16. The summed E-state index contributed by atoms with van der Waals surface area (Å²) in [5.41, 5.74) is -2.81. The first-order valence-corrected chi connectivity index (χ1v) is 4.44. The summed E-state index contributed by atoms with van der Waals surface area (Å²) >= 11 is 0. The maximum atomic E-state index is 11.1. The fraction of sp³-hybridized carbons (Fsp3) is 0.500. The Bertz CT molecular complexity index is 366. The molecule has 0 aliphatic heterocycles. The van der Waals surface area contributed by atoms with E-state index in [1.165, 1.54) is 0 Å². The molecule has 5 N–H and O–H groups in total. The standard InChI is InChI=1S/C8H11NO9/c9-18-6(13)3-17-5(12)2-8(16,7(14)15)1-4(10)11/h16H,1-3,9H2,(H,10,11)(H,14,15). The summed E-state index contributed by atoms with van der Waals surface area (Å²) in [7, 11) is 0. The van der Waals surface area contributed by atoms with Crippen LogP contribution in [-0.4, -0.2) is 51.4 Å². The van der Waals surface area contributed by atoms with Crippen LogP contribution in [0.1, 0.15) is 12.8 Å². The van der Waals surface area contributed by atoms with Crippen LogP contribution in [0.3, 0.4) is 0 Å². The number of carboxylic acids is 2. The van der Waals surface area contributed by atoms with E-state index in [1.807, 2.05) is 0 Å². The van der Waals surface area contributed by atoms with E-state index >= 15 is 0 Å². The van der Waals surface area contributed by atoms with Crippen molar-refractivity contribution in [1.82, 2.24) is 0 Å². The molecule has 102 valence electrons. The summed E-state index contributed by atoms with van der Waals surface area (Å²) in [5, 5.41) is 26.5. The second-order valence-electron chi connectivity index (χ2n) is 3.23. The number of aliphatic carboxylic acids is 2. The normalized spacial score (nSPS) is 13.2. The zero-order chi connectivity index (χ0) is 14.3. The molecule has 0 aromatic heterocycles. The molecular formula is C8H11NO9. The fourth-order valence-corrected chi connectivity index (χ4v) is 0.927. The van der Waals surface area contributed by atoms with Gasteiger partial charge in [0.25, 0.3) is 0 Å². The summed E-state index contributed by atoms with van der Waals surface area (Å²) in [5.74, 6) is -1.46. The Balaban J connectivity index is 4.50. The molecule has 10 nitrogen and oxygen atoms in total. The third-order valence-corrected chi connectivity index (χ3v) is 1.76. The highest BCUT2D eigenvalue weighted by atomic mass is 16.7. The first-order valence-electron chi connectivity index (χ1n) is 4.44. The summed E-state index contributed by atoms with van der Waals surface area (Å²) < 4.78 is 4.21. The third kappa shape index (κ3) is 5.23. The molecule has 0 bridgehead atoms. The van der Waals surface area contributed by atoms with Crippen LogP contribution in [0.5, 0.6) is 0 Å². The predicted octanol–water partition coefficient (Wildman–Crippen LogP) is -2.37. The van der Waals surface area contributed by atoms with E-state index in [0.717, 1.165) is 0 Å². The highest BCUT2D eigenvalue weighted by molar-refractivity contribution is 5.89. The lowest BCUT2D eigenvalue weighted by Crippen LogP contribution is -2.43. The molecule has 0 aliphatic carbocycles. The van der Waals surface area contributed by atoms with Gasteiger partial charge in [0.05, 0.1) is 12.8 Å². The first kappa shape index (κ1) is 15.8. The van der Waals surface area contributed by atoms with Crippen LogP contribution < -0.4 is 5.90 Å². The molecular weight excluding hydrogens is 254 g/mol. The van der Waals surface area contributed by atoms with Gasteiger partial charge in [-0.3, -0.25) is 9.59 Å². The molecule has 0 fully saturated rings. The molecule has 0 spiro atoms. The minimum atomic E-state index is -2.81. The number of hydrogen-bond acceptors (Lipinski definition) is 8. The quantitative estimate of drug-likeness (QED) is 0.287. The minimum Gasteiger partial charge on any atom is -0.481 e. The van der Waals surface area contributed by atoms with Crippen molar-refractivity contribution in [2.45, 2.75) is 18.4 Å². The smallest absolute Gasteiger partial charge is 0.362 e. The second-order valence-corrected chi connectivity index (χ2v) is 3.23. The summed E-state index contributed by atoms with van der Waals surface area (Å²) in [6.45, 7) is -0.877. The Kier molecular flexibility index (Phi) is 5.72. The molecule has 0 radical (unpaired) electrons. The molecule has 1 atom stereocenters. The van der Waals surface area contributed by atoms with Gasteiger partial charge >= 0.3 is 23.9 Å². The maximum Gasteiger partial charge on any atom is 0.362 e. The van der Waals surface area contributed by atoms with E-state index in [0.29, 0.717) is 0 Å². The Morgan fingerprint density at radius 2 is 1.61 bits per heavy atom. The Hall–Kier alpha value is -2.20. The molecule has 0 heterocycles. The molecule has 0 aromatic rings. The van der Waals surface area contributed by atoms with Crippen molar-refractivity contribution in [2.24, 2.45) is 5.90 Å². The zero-order valence-corrected chi connectivity index (χ0v) is 8.99. The highest BCUT2D eigenvalue weighted by Gasteiger charge is 2.41. The van der Waals surface area contributed by atoms with E-state index in [-0.39, 0.29) is 0 Å². The number of ether oxygens (including phenoxy) is 1. The number of rotatable bonds is 7. The number of carbonyl (C=O) groups is 4. The molecule has 0 saturated heterocycles. The number of esters is 1. The minimum absolute atomic E-state index is 0.877. The van der Waals surface area contributed by atoms with Gasteiger partial charge in [-0.2, -0.15) is 5.90 Å². The summed E-state index contributed by atoms with van der Waals surface area (Å²) in [4.78, 5) is 46.2. The van der Waals surface area contributed by atoms with Crippen LogP contribution in [0.4, 0.5) is 0 Å². The van der Waals surface area contributed by atoms with E-state index < -0.39 is 48.9 Å². The van der Waals surface area contributed by atoms with E-state index in [2.05, 4.69) is 15.5 Å². The number of nitrogens with two attached hydrogens (primary N) is 1. The third-order valence-electron chi connectivity index (χ3n) is 1.76. The average molecular weight is 265 g/mol. The van der Waals surface area contributed by atoms with Crippen molar-refractivity contribution in [3.05, 3.63) is 0 Å². The van der Waals surface area contributed by atoms with Gasteiger partial charge in [0.15, 0.2) is 12.2 Å². The van der Waals surface area contributed by atoms with Crippen LogP contribution in [0.25, 0.3) is 0 Å². The topological polar surface area (TPSA) is 173 Å². The number of carbonyl (C=O) groups excluding carboxylic acids is 2. The number of hydrogen-bond donors (Lipinski definition) is 4. The lowest BCUT2D eigenvalue weighted by atomic mass is 9.96.